The van der Waals surface area contributed by atoms with Crippen LogP contribution in [-0.4, -0.2) is 23.3 Å². The molecule has 0 aromatic rings. The molecule has 1 aliphatic heterocycles. The van der Waals surface area contributed by atoms with Gasteiger partial charge in [-0.1, -0.05) is 0 Å². The number of carbonyl (C=O) groups is 1. The van der Waals surface area contributed by atoms with Gasteiger partial charge in [-0.05, 0) is 32.9 Å². The van der Waals surface area contributed by atoms with Crippen molar-refractivity contribution in [3.63, 3.8) is 0 Å². The van der Waals surface area contributed by atoms with Gasteiger partial charge in [-0.3, -0.25) is 4.79 Å². The third-order valence-corrected chi connectivity index (χ3v) is 2.47. The molecule has 3 nitrogen and oxygen atoms in total. The first-order valence-corrected chi connectivity index (χ1v) is 4.50. The summed E-state index contributed by atoms with van der Waals surface area (Å²) in [6.45, 7) is 5.66. The topological polar surface area (TPSA) is 35.5 Å². The van der Waals surface area contributed by atoms with Crippen LogP contribution in [-0.2, 0) is 14.3 Å². The van der Waals surface area contributed by atoms with Crippen molar-refractivity contribution in [1.29, 1.82) is 0 Å². The van der Waals surface area contributed by atoms with E-state index in [0.29, 0.717) is 6.42 Å². The summed E-state index contributed by atoms with van der Waals surface area (Å²) >= 11 is 0. The van der Waals surface area contributed by atoms with E-state index in [4.69, 9.17) is 9.47 Å². The largest absolute Gasteiger partial charge is 0.341 e. The van der Waals surface area contributed by atoms with Crippen molar-refractivity contribution in [2.75, 3.05) is 0 Å². The molecule has 2 atom stereocenters. The van der Waals surface area contributed by atoms with E-state index in [-0.39, 0.29) is 11.9 Å². The minimum atomic E-state index is -0.575. The molecule has 0 saturated carbocycles. The molecule has 2 aliphatic rings. The van der Waals surface area contributed by atoms with Crippen molar-refractivity contribution >= 4 is 5.78 Å². The fourth-order valence-corrected chi connectivity index (χ4v) is 2.05. The van der Waals surface area contributed by atoms with Crippen LogP contribution in [0.5, 0.6) is 0 Å². The first-order valence-electron chi connectivity index (χ1n) is 4.50. The van der Waals surface area contributed by atoms with Crippen LogP contribution < -0.4 is 0 Å². The van der Waals surface area contributed by atoms with Gasteiger partial charge < -0.3 is 9.47 Å². The predicted octanol–water partition coefficient (Wildman–Crippen LogP) is 1.43. The molecule has 0 spiro atoms. The second-order valence-corrected chi connectivity index (χ2v) is 4.36. The molecule has 0 unspecified atom stereocenters. The van der Waals surface area contributed by atoms with Crippen molar-refractivity contribution in [3.8, 4) is 0 Å². The molecular weight excluding hydrogens is 168 g/mol. The number of ether oxygens (including phenoxy) is 2. The molecule has 3 heteroatoms. The molecule has 2 rings (SSSR count). The molecule has 0 N–H and O–H groups in total. The standard InChI is InChI=1S/C10H14O3/c1-9(2)12-8-5-4-7(11)6-10(8,3)13-9/h4-5,8H,6H2,1-3H3/t8-,10+/m1/s1. The van der Waals surface area contributed by atoms with E-state index in [2.05, 4.69) is 0 Å². The summed E-state index contributed by atoms with van der Waals surface area (Å²) in [4.78, 5) is 11.2. The van der Waals surface area contributed by atoms with Gasteiger partial charge in [0.05, 0.1) is 0 Å². The van der Waals surface area contributed by atoms with Gasteiger partial charge in [0.15, 0.2) is 11.6 Å². The van der Waals surface area contributed by atoms with E-state index in [1.807, 2.05) is 20.8 Å². The average molecular weight is 182 g/mol. The van der Waals surface area contributed by atoms with Crippen molar-refractivity contribution < 1.29 is 14.3 Å². The monoisotopic (exact) mass is 182 g/mol. The predicted molar refractivity (Wildman–Crippen MR) is 47.2 cm³/mol. The lowest BCUT2D eigenvalue weighted by Gasteiger charge is -2.28. The molecule has 1 fully saturated rings. The summed E-state index contributed by atoms with van der Waals surface area (Å²) in [7, 11) is 0. The highest BCUT2D eigenvalue weighted by atomic mass is 16.8. The van der Waals surface area contributed by atoms with Crippen molar-refractivity contribution in [3.05, 3.63) is 12.2 Å². The molecule has 72 valence electrons. The lowest BCUT2D eigenvalue weighted by atomic mass is 9.88. The summed E-state index contributed by atoms with van der Waals surface area (Å²) in [5.41, 5.74) is -0.463. The quantitative estimate of drug-likeness (QED) is 0.568. The molecule has 1 aliphatic carbocycles. The molecule has 13 heavy (non-hydrogen) atoms. The van der Waals surface area contributed by atoms with Crippen LogP contribution in [0.15, 0.2) is 12.2 Å². The Kier molecular flexibility index (Phi) is 1.66. The zero-order valence-corrected chi connectivity index (χ0v) is 8.16. The fraction of sp³-hybridized carbons (Fsp3) is 0.700. The smallest absolute Gasteiger partial charge is 0.164 e. The Bertz CT molecular complexity index is 280. The Balaban J connectivity index is 2.30. The Morgan fingerprint density at radius 3 is 2.85 bits per heavy atom. The molecular formula is C10H14O3. The first-order chi connectivity index (χ1) is 5.91. The Hall–Kier alpha value is -0.670. The molecule has 0 bridgehead atoms. The number of hydrogen-bond acceptors (Lipinski definition) is 3. The number of carbonyl (C=O) groups excluding carboxylic acids is 1. The molecule has 0 aromatic carbocycles. The number of ketones is 1. The maximum absolute atomic E-state index is 11.2. The molecule has 0 radical (unpaired) electrons. The van der Waals surface area contributed by atoms with Crippen LogP contribution in [0.3, 0.4) is 0 Å². The van der Waals surface area contributed by atoms with Crippen LogP contribution in [0.25, 0.3) is 0 Å². The van der Waals surface area contributed by atoms with Gasteiger partial charge in [-0.2, -0.15) is 0 Å². The summed E-state index contributed by atoms with van der Waals surface area (Å²) in [5.74, 6) is -0.464. The Morgan fingerprint density at radius 1 is 1.46 bits per heavy atom. The third-order valence-electron chi connectivity index (χ3n) is 2.47. The van der Waals surface area contributed by atoms with E-state index in [1.54, 1.807) is 12.2 Å². The lowest BCUT2D eigenvalue weighted by Crippen LogP contribution is -2.40. The second kappa shape index (κ2) is 2.42. The minimum absolute atomic E-state index is 0.0831. The van der Waals surface area contributed by atoms with Crippen LogP contribution in [0.2, 0.25) is 0 Å². The van der Waals surface area contributed by atoms with Gasteiger partial charge in [0.2, 0.25) is 0 Å². The zero-order valence-electron chi connectivity index (χ0n) is 8.16. The van der Waals surface area contributed by atoms with Crippen LogP contribution >= 0.6 is 0 Å². The molecule has 0 amide bonds. The normalized spacial score (nSPS) is 42.1. The van der Waals surface area contributed by atoms with Gasteiger partial charge in [0.25, 0.3) is 0 Å². The minimum Gasteiger partial charge on any atom is -0.341 e. The lowest BCUT2D eigenvalue weighted by molar-refractivity contribution is -0.160. The van der Waals surface area contributed by atoms with E-state index in [0.717, 1.165) is 0 Å². The van der Waals surface area contributed by atoms with Gasteiger partial charge >= 0.3 is 0 Å². The van der Waals surface area contributed by atoms with Crippen LogP contribution in [0, 0.1) is 0 Å². The van der Waals surface area contributed by atoms with Crippen LogP contribution in [0.4, 0.5) is 0 Å². The maximum Gasteiger partial charge on any atom is 0.164 e. The van der Waals surface area contributed by atoms with Crippen LogP contribution in [0.1, 0.15) is 27.2 Å². The highest BCUT2D eigenvalue weighted by Crippen LogP contribution is 2.41. The third kappa shape index (κ3) is 1.42. The number of fused-ring (bicyclic) bond motifs is 1. The SMILES string of the molecule is CC1(C)O[C@@H]2C=CC(=O)C[C@]2(C)O1. The van der Waals surface area contributed by atoms with Gasteiger partial charge in [0.1, 0.15) is 11.7 Å². The van der Waals surface area contributed by atoms with Crippen molar-refractivity contribution in [1.82, 2.24) is 0 Å². The maximum atomic E-state index is 11.2. The average Bonchev–Trinajstić information content (AvgIpc) is 2.16. The van der Waals surface area contributed by atoms with Gasteiger partial charge in [0, 0.05) is 6.42 Å². The Morgan fingerprint density at radius 2 is 2.15 bits per heavy atom. The summed E-state index contributed by atoms with van der Waals surface area (Å²) in [5, 5.41) is 0. The highest BCUT2D eigenvalue weighted by molar-refractivity contribution is 5.91. The molecule has 1 saturated heterocycles. The summed E-state index contributed by atoms with van der Waals surface area (Å²) < 4.78 is 11.4. The number of rotatable bonds is 0. The summed E-state index contributed by atoms with van der Waals surface area (Å²) in [6, 6.07) is 0. The Labute approximate surface area is 77.7 Å². The second-order valence-electron chi connectivity index (χ2n) is 4.36. The molecule has 1 heterocycles. The fourth-order valence-electron chi connectivity index (χ4n) is 2.05. The first kappa shape index (κ1) is 8.91. The van der Waals surface area contributed by atoms with Gasteiger partial charge in [-0.25, -0.2) is 0 Å². The zero-order chi connectivity index (χ0) is 9.69. The number of hydrogen-bond donors (Lipinski definition) is 0. The number of allylic oxidation sites excluding steroid dienone is 1. The van der Waals surface area contributed by atoms with E-state index >= 15 is 0 Å². The van der Waals surface area contributed by atoms with Crippen molar-refractivity contribution in [2.24, 2.45) is 0 Å². The van der Waals surface area contributed by atoms with E-state index in [1.165, 1.54) is 0 Å². The van der Waals surface area contributed by atoms with E-state index < -0.39 is 11.4 Å². The molecule has 0 aromatic heterocycles. The van der Waals surface area contributed by atoms with E-state index in [9.17, 15) is 4.79 Å². The highest BCUT2D eigenvalue weighted by Gasteiger charge is 2.51. The van der Waals surface area contributed by atoms with Crippen molar-refractivity contribution in [2.45, 2.75) is 44.7 Å². The summed E-state index contributed by atoms with van der Waals surface area (Å²) in [6.07, 6.45) is 3.70. The van der Waals surface area contributed by atoms with Gasteiger partial charge in [-0.15, -0.1) is 0 Å².